The van der Waals surface area contributed by atoms with Crippen molar-refractivity contribution in [2.75, 3.05) is 0 Å². The molecule has 3 rings (SSSR count). The summed E-state index contributed by atoms with van der Waals surface area (Å²) in [5.74, 6) is 0.741. The number of hydrogen-bond donors (Lipinski definition) is 0. The molecule has 20 heavy (non-hydrogen) atoms. The maximum Gasteiger partial charge on any atom is 0.291 e. The Morgan fingerprint density at radius 3 is 3.00 bits per heavy atom. The minimum Gasteiger partial charge on any atom is -0.266 e. The van der Waals surface area contributed by atoms with Crippen LogP contribution in [0, 0.1) is 0 Å². The summed E-state index contributed by atoms with van der Waals surface area (Å²) < 4.78 is 3.05. The number of benzene rings is 1. The lowest BCUT2D eigenvalue weighted by Gasteiger charge is -1.92. The van der Waals surface area contributed by atoms with Gasteiger partial charge < -0.3 is 0 Å². The second-order valence-corrected chi connectivity index (χ2v) is 6.37. The highest BCUT2D eigenvalue weighted by atomic mass is 79.9. The quantitative estimate of drug-likeness (QED) is 0.729. The zero-order chi connectivity index (χ0) is 14.1. The van der Waals surface area contributed by atoms with E-state index in [1.807, 2.05) is 30.3 Å². The van der Waals surface area contributed by atoms with Crippen molar-refractivity contribution in [3.63, 3.8) is 0 Å². The maximum absolute atomic E-state index is 12.3. The van der Waals surface area contributed by atoms with Crippen LogP contribution in [0.2, 0.25) is 0 Å². The Kier molecular flexibility index (Phi) is 3.67. The zero-order valence-corrected chi connectivity index (χ0v) is 13.2. The molecular formula is C14H12BrN3OS. The molecule has 0 aliphatic rings. The first-order valence-corrected chi connectivity index (χ1v) is 7.94. The van der Waals surface area contributed by atoms with Crippen molar-refractivity contribution in [2.24, 2.45) is 0 Å². The highest BCUT2D eigenvalue weighted by Crippen LogP contribution is 2.12. The number of aromatic nitrogens is 3. The molecule has 0 saturated heterocycles. The number of nitrogens with zero attached hydrogens (tertiary/aromatic N) is 3. The van der Waals surface area contributed by atoms with Gasteiger partial charge in [-0.15, -0.1) is 5.10 Å². The topological polar surface area (TPSA) is 47.3 Å². The molecule has 0 spiro atoms. The van der Waals surface area contributed by atoms with Crippen LogP contribution in [0.1, 0.15) is 24.7 Å². The Bertz CT molecular complexity index is 868. The Hall–Kier alpha value is -1.53. The van der Waals surface area contributed by atoms with Crippen LogP contribution in [0.3, 0.4) is 0 Å². The number of halogens is 1. The normalized spacial score (nSPS) is 12.4. The van der Waals surface area contributed by atoms with Gasteiger partial charge in [0.2, 0.25) is 4.96 Å². The van der Waals surface area contributed by atoms with Gasteiger partial charge in [-0.25, -0.2) is 4.98 Å². The lowest BCUT2D eigenvalue weighted by Crippen LogP contribution is -2.23. The molecule has 0 aliphatic carbocycles. The number of rotatable bonds is 3. The van der Waals surface area contributed by atoms with Gasteiger partial charge in [0.15, 0.2) is 5.82 Å². The maximum atomic E-state index is 12.3. The number of fused-ring (bicyclic) bond motifs is 1. The fourth-order valence-corrected chi connectivity index (χ4v) is 3.30. The van der Waals surface area contributed by atoms with Gasteiger partial charge in [-0.1, -0.05) is 46.3 Å². The minimum atomic E-state index is -0.0974. The monoisotopic (exact) mass is 349 g/mol. The van der Waals surface area contributed by atoms with Crippen molar-refractivity contribution >= 4 is 38.3 Å². The van der Waals surface area contributed by atoms with Gasteiger partial charge in [0, 0.05) is 10.9 Å². The van der Waals surface area contributed by atoms with Crippen LogP contribution < -0.4 is 10.1 Å². The van der Waals surface area contributed by atoms with Crippen molar-refractivity contribution in [1.82, 2.24) is 14.6 Å². The van der Waals surface area contributed by atoms with Gasteiger partial charge in [-0.2, -0.15) is 4.52 Å². The molecule has 4 nitrogen and oxygen atoms in total. The third kappa shape index (κ3) is 2.53. The zero-order valence-electron chi connectivity index (χ0n) is 10.8. The van der Waals surface area contributed by atoms with E-state index >= 15 is 0 Å². The highest BCUT2D eigenvalue weighted by molar-refractivity contribution is 9.10. The Morgan fingerprint density at radius 2 is 2.30 bits per heavy atom. The van der Waals surface area contributed by atoms with Crippen molar-refractivity contribution < 1.29 is 0 Å². The van der Waals surface area contributed by atoms with Crippen LogP contribution in [-0.4, -0.2) is 14.6 Å². The third-order valence-electron chi connectivity index (χ3n) is 2.85. The lowest BCUT2D eigenvalue weighted by molar-refractivity contribution is 0.810. The van der Waals surface area contributed by atoms with Crippen LogP contribution in [-0.2, 0) is 6.42 Å². The van der Waals surface area contributed by atoms with E-state index in [0.717, 1.165) is 28.7 Å². The molecule has 0 radical (unpaired) electrons. The van der Waals surface area contributed by atoms with Gasteiger partial charge in [0.05, 0.1) is 4.53 Å². The van der Waals surface area contributed by atoms with Crippen LogP contribution in [0.5, 0.6) is 0 Å². The first kappa shape index (κ1) is 13.5. The van der Waals surface area contributed by atoms with E-state index in [9.17, 15) is 4.79 Å². The molecule has 0 amide bonds. The third-order valence-corrected chi connectivity index (χ3v) is 4.30. The summed E-state index contributed by atoms with van der Waals surface area (Å²) >= 11 is 4.80. The first-order chi connectivity index (χ1) is 9.67. The summed E-state index contributed by atoms with van der Waals surface area (Å²) in [6, 6.07) is 7.83. The first-order valence-electron chi connectivity index (χ1n) is 6.33. The van der Waals surface area contributed by atoms with Crippen LogP contribution in [0.25, 0.3) is 11.0 Å². The summed E-state index contributed by atoms with van der Waals surface area (Å²) in [6.07, 6.45) is 3.65. The largest absolute Gasteiger partial charge is 0.291 e. The average molecular weight is 350 g/mol. The molecule has 1 aromatic carbocycles. The number of aryl methyl sites for hydroxylation is 1. The molecule has 2 aromatic heterocycles. The Morgan fingerprint density at radius 1 is 1.45 bits per heavy atom. The van der Waals surface area contributed by atoms with E-state index in [-0.39, 0.29) is 5.56 Å². The summed E-state index contributed by atoms with van der Waals surface area (Å²) in [6.45, 7) is 2.07. The molecule has 0 aliphatic heterocycles. The van der Waals surface area contributed by atoms with E-state index in [2.05, 4.69) is 32.9 Å². The molecule has 102 valence electrons. The van der Waals surface area contributed by atoms with Gasteiger partial charge in [0.1, 0.15) is 0 Å². The molecule has 0 unspecified atom stereocenters. The molecule has 0 fully saturated rings. The van der Waals surface area contributed by atoms with E-state index < -0.39 is 0 Å². The van der Waals surface area contributed by atoms with Crippen molar-refractivity contribution in [1.29, 1.82) is 0 Å². The van der Waals surface area contributed by atoms with E-state index in [0.29, 0.717) is 9.49 Å². The smallest absolute Gasteiger partial charge is 0.266 e. The summed E-state index contributed by atoms with van der Waals surface area (Å²) in [4.78, 5) is 17.3. The second kappa shape index (κ2) is 5.46. The second-order valence-electron chi connectivity index (χ2n) is 4.44. The van der Waals surface area contributed by atoms with Gasteiger partial charge in [-0.3, -0.25) is 4.79 Å². The molecule has 0 N–H and O–H groups in total. The molecule has 2 heterocycles. The van der Waals surface area contributed by atoms with Crippen LogP contribution in [0.4, 0.5) is 0 Å². The average Bonchev–Trinajstić information content (AvgIpc) is 2.91. The Labute approximate surface area is 127 Å². The van der Waals surface area contributed by atoms with Gasteiger partial charge in [0.25, 0.3) is 5.56 Å². The summed E-state index contributed by atoms with van der Waals surface area (Å²) in [7, 11) is 0. The number of thiazole rings is 1. The van der Waals surface area contributed by atoms with Gasteiger partial charge in [-0.05, 0) is 30.2 Å². The molecule has 0 bridgehead atoms. The fourth-order valence-electron chi connectivity index (χ4n) is 1.95. The van der Waals surface area contributed by atoms with E-state index in [4.69, 9.17) is 0 Å². The predicted octanol–water partition coefficient (Wildman–Crippen LogP) is 2.41. The van der Waals surface area contributed by atoms with E-state index in [1.165, 1.54) is 15.9 Å². The Balaban J connectivity index is 2.11. The molecular weight excluding hydrogens is 338 g/mol. The van der Waals surface area contributed by atoms with Gasteiger partial charge >= 0.3 is 0 Å². The number of hydrogen-bond acceptors (Lipinski definition) is 4. The predicted molar refractivity (Wildman–Crippen MR) is 84.1 cm³/mol. The summed E-state index contributed by atoms with van der Waals surface area (Å²) in [5, 5.41) is 4.26. The SMILES string of the molecule is CCCc1nc2s/c(=C\c3cccc(Br)c3)c(=O)n2n1. The van der Waals surface area contributed by atoms with Crippen LogP contribution in [0.15, 0.2) is 33.5 Å². The molecule has 6 heteroatoms. The molecule has 0 saturated carbocycles. The van der Waals surface area contributed by atoms with Crippen molar-refractivity contribution in [3.05, 3.63) is 55.0 Å². The minimum absolute atomic E-state index is 0.0974. The van der Waals surface area contributed by atoms with Crippen LogP contribution >= 0.6 is 27.3 Å². The van der Waals surface area contributed by atoms with Crippen molar-refractivity contribution in [3.8, 4) is 0 Å². The van der Waals surface area contributed by atoms with Crippen molar-refractivity contribution in [2.45, 2.75) is 19.8 Å². The lowest BCUT2D eigenvalue weighted by atomic mass is 10.2. The fraction of sp³-hybridized carbons (Fsp3) is 0.214. The molecule has 0 atom stereocenters. The summed E-state index contributed by atoms with van der Waals surface area (Å²) in [5.41, 5.74) is 0.884. The van der Waals surface area contributed by atoms with E-state index in [1.54, 1.807) is 0 Å². The molecule has 3 aromatic rings. The highest BCUT2D eigenvalue weighted by Gasteiger charge is 2.09. The standard InChI is InChI=1S/C14H12BrN3OS/c1-2-4-12-16-14-18(17-12)13(19)11(20-14)8-9-5-3-6-10(15)7-9/h3,5-8H,2,4H2,1H3/b11-8-.